The van der Waals surface area contributed by atoms with Crippen molar-refractivity contribution in [1.29, 1.82) is 0 Å². The lowest BCUT2D eigenvalue weighted by Gasteiger charge is -2.13. The molecule has 0 aliphatic rings. The summed E-state index contributed by atoms with van der Waals surface area (Å²) in [5.74, 6) is 0. The third kappa shape index (κ3) is 15.6. The van der Waals surface area contributed by atoms with Crippen molar-refractivity contribution in [2.75, 3.05) is 26.4 Å². The van der Waals surface area contributed by atoms with E-state index >= 15 is 0 Å². The van der Waals surface area contributed by atoms with E-state index in [0.717, 1.165) is 0 Å². The van der Waals surface area contributed by atoms with Gasteiger partial charge >= 0.3 is 0 Å². The molecule has 4 nitrogen and oxygen atoms in total. The molecule has 0 aliphatic carbocycles. The van der Waals surface area contributed by atoms with Gasteiger partial charge < -0.3 is 19.9 Å². The Balaban J connectivity index is 0. The number of hydrogen-bond acceptors (Lipinski definition) is 5. The maximum Gasteiger partial charge on any atom is 0.244 e. The minimum absolute atomic E-state index is 0.0972. The lowest BCUT2D eigenvalue weighted by molar-refractivity contribution is 0.281. The predicted molar refractivity (Wildman–Crippen MR) is 62.7 cm³/mol. The van der Waals surface area contributed by atoms with Crippen LogP contribution in [0.3, 0.4) is 0 Å². The summed E-state index contributed by atoms with van der Waals surface area (Å²) < 4.78 is 10.1. The Morgan fingerprint density at radius 2 is 1.69 bits per heavy atom. The van der Waals surface area contributed by atoms with Gasteiger partial charge in [0.15, 0.2) is 0 Å². The van der Waals surface area contributed by atoms with E-state index in [-0.39, 0.29) is 6.61 Å². The third-order valence-electron chi connectivity index (χ3n) is 0.714. The molecule has 0 rings (SSSR count). The van der Waals surface area contributed by atoms with Gasteiger partial charge in [0.05, 0.1) is 19.8 Å². The Bertz CT molecular complexity index is 136. The first-order chi connectivity index (χ1) is 6.04. The van der Waals surface area contributed by atoms with Gasteiger partial charge in [-0.25, -0.2) is 0 Å². The summed E-state index contributed by atoms with van der Waals surface area (Å²) in [6.45, 7) is 5.36. The molecule has 0 aromatic carbocycles. The predicted octanol–water partition coefficient (Wildman–Crippen LogP) is 1.15. The normalized spacial score (nSPS) is 10.5. The molecule has 0 aromatic heterocycles. The molecule has 0 bridgehead atoms. The van der Waals surface area contributed by atoms with Crippen molar-refractivity contribution in [3.05, 3.63) is 0 Å². The first-order valence-corrected chi connectivity index (χ1v) is 7.75. The highest BCUT2D eigenvalue weighted by Gasteiger charge is 2.08. The van der Waals surface area contributed by atoms with E-state index in [1.807, 2.05) is 13.8 Å². The summed E-state index contributed by atoms with van der Waals surface area (Å²) >= 11 is 8.90. The fraction of sp³-hybridized carbons (Fsp3) is 1.00. The van der Waals surface area contributed by atoms with Gasteiger partial charge in [0.1, 0.15) is 0 Å². The summed E-state index contributed by atoms with van der Waals surface area (Å²) in [5.41, 5.74) is 2.61. The maximum atomic E-state index is 7.75. The average Bonchev–Trinajstić information content (AvgIpc) is 2.04. The van der Waals surface area contributed by atoms with Crippen LogP contribution in [-0.2, 0) is 20.9 Å². The standard InChI is InChI=1S/C4H11O2PS2.C2H7NO/c1-3-5-7(8,9)6-4-2;3-1-2-4/h3-4H2,1-2H3,(H,8,9);4H,1-3H2. The maximum absolute atomic E-state index is 7.75. The van der Waals surface area contributed by atoms with Gasteiger partial charge in [0.25, 0.3) is 0 Å². The highest BCUT2D eigenvalue weighted by molar-refractivity contribution is 8.60. The fourth-order valence-electron chi connectivity index (χ4n) is 0.364. The molecule has 3 N–H and O–H groups in total. The molecule has 0 fully saturated rings. The molecule has 13 heavy (non-hydrogen) atoms. The number of aliphatic hydroxyl groups is 1. The molecule has 82 valence electrons. The van der Waals surface area contributed by atoms with Gasteiger partial charge in [0, 0.05) is 6.54 Å². The van der Waals surface area contributed by atoms with Crippen molar-refractivity contribution in [3.8, 4) is 0 Å². The average molecular weight is 247 g/mol. The molecule has 7 heteroatoms. The van der Waals surface area contributed by atoms with Crippen molar-refractivity contribution in [2.24, 2.45) is 5.73 Å². The van der Waals surface area contributed by atoms with E-state index in [1.54, 1.807) is 0 Å². The minimum atomic E-state index is -2.16. The highest BCUT2D eigenvalue weighted by atomic mass is 32.9. The quantitative estimate of drug-likeness (QED) is 0.502. The first kappa shape index (κ1) is 16.3. The molecule has 0 aliphatic heterocycles. The minimum Gasteiger partial charge on any atom is -0.395 e. The summed E-state index contributed by atoms with van der Waals surface area (Å²) in [7, 11) is 0. The zero-order valence-electron chi connectivity index (χ0n) is 7.97. The van der Waals surface area contributed by atoms with E-state index in [0.29, 0.717) is 19.8 Å². The van der Waals surface area contributed by atoms with Gasteiger partial charge in [-0.3, -0.25) is 0 Å². The molecule has 0 amide bonds. The lowest BCUT2D eigenvalue weighted by atomic mass is 10.8. The van der Waals surface area contributed by atoms with E-state index < -0.39 is 5.69 Å². The Kier molecular flexibility index (Phi) is 13.7. The molecule has 0 saturated carbocycles. The van der Waals surface area contributed by atoms with Crippen molar-refractivity contribution in [3.63, 3.8) is 0 Å². The monoisotopic (exact) mass is 247 g/mol. The van der Waals surface area contributed by atoms with Crippen molar-refractivity contribution >= 4 is 29.7 Å². The molecule has 0 unspecified atom stereocenters. The Morgan fingerprint density at radius 3 is 1.85 bits per heavy atom. The Hall–Kier alpha value is 0.840. The van der Waals surface area contributed by atoms with Crippen molar-refractivity contribution in [1.82, 2.24) is 0 Å². The number of nitrogens with two attached hydrogens (primary N) is 1. The second kappa shape index (κ2) is 10.9. The van der Waals surface area contributed by atoms with E-state index in [2.05, 4.69) is 12.2 Å². The van der Waals surface area contributed by atoms with Crippen LogP contribution in [0.2, 0.25) is 0 Å². The zero-order valence-corrected chi connectivity index (χ0v) is 10.6. The lowest BCUT2D eigenvalue weighted by Crippen LogP contribution is -2.02. The smallest absolute Gasteiger partial charge is 0.244 e. The van der Waals surface area contributed by atoms with Crippen LogP contribution in [0.15, 0.2) is 0 Å². The molecular formula is C6H18NO3PS2. The summed E-state index contributed by atoms with van der Waals surface area (Å²) in [6.07, 6.45) is 0. The van der Waals surface area contributed by atoms with Crippen molar-refractivity contribution in [2.45, 2.75) is 13.8 Å². The second-order valence-electron chi connectivity index (χ2n) is 1.82. The van der Waals surface area contributed by atoms with Crippen LogP contribution >= 0.6 is 17.9 Å². The number of aliphatic hydroxyl groups excluding tert-OH is 1. The molecule has 0 atom stereocenters. The summed E-state index contributed by atoms with van der Waals surface area (Å²) in [5, 5.41) is 7.75. The van der Waals surface area contributed by atoms with Gasteiger partial charge in [-0.05, 0) is 25.7 Å². The van der Waals surface area contributed by atoms with Crippen LogP contribution in [0.1, 0.15) is 13.8 Å². The highest BCUT2D eigenvalue weighted by Crippen LogP contribution is 2.52. The van der Waals surface area contributed by atoms with E-state index in [9.17, 15) is 0 Å². The van der Waals surface area contributed by atoms with Crippen LogP contribution in [0, 0.1) is 0 Å². The Morgan fingerprint density at radius 1 is 1.38 bits per heavy atom. The fourth-order valence-corrected chi connectivity index (χ4v) is 2.42. The van der Waals surface area contributed by atoms with Gasteiger partial charge in [-0.1, -0.05) is 12.2 Å². The number of hydrogen-bond donors (Lipinski definition) is 3. The zero-order chi connectivity index (χ0) is 10.7. The third-order valence-corrected chi connectivity index (χ3v) is 3.21. The van der Waals surface area contributed by atoms with Gasteiger partial charge in [0.2, 0.25) is 5.69 Å². The largest absolute Gasteiger partial charge is 0.395 e. The Labute approximate surface area is 90.1 Å². The topological polar surface area (TPSA) is 64.7 Å². The summed E-state index contributed by atoms with van der Waals surface area (Å²) in [4.78, 5) is 0. The van der Waals surface area contributed by atoms with Crippen LogP contribution < -0.4 is 5.73 Å². The molecule has 0 spiro atoms. The summed E-state index contributed by atoms with van der Waals surface area (Å²) in [6, 6.07) is 0. The number of thiol groups is 1. The van der Waals surface area contributed by atoms with E-state index in [1.165, 1.54) is 0 Å². The van der Waals surface area contributed by atoms with Crippen LogP contribution in [-0.4, -0.2) is 31.5 Å². The molecular weight excluding hydrogens is 229 g/mol. The SMILES string of the molecule is CCOP(=S)(S)OCC.NCCO. The second-order valence-corrected chi connectivity index (χ2v) is 7.10. The van der Waals surface area contributed by atoms with Gasteiger partial charge in [-0.2, -0.15) is 0 Å². The van der Waals surface area contributed by atoms with Crippen LogP contribution in [0.25, 0.3) is 0 Å². The molecule has 0 aromatic rings. The van der Waals surface area contributed by atoms with Crippen LogP contribution in [0.4, 0.5) is 0 Å². The van der Waals surface area contributed by atoms with E-state index in [4.69, 9.17) is 31.7 Å². The number of rotatable bonds is 5. The van der Waals surface area contributed by atoms with Gasteiger partial charge in [-0.15, -0.1) is 0 Å². The van der Waals surface area contributed by atoms with Crippen molar-refractivity contribution < 1.29 is 14.2 Å². The molecule has 0 radical (unpaired) electrons. The molecule has 0 saturated heterocycles. The first-order valence-electron chi connectivity index (χ1n) is 3.96. The molecule has 0 heterocycles. The van der Waals surface area contributed by atoms with Crippen LogP contribution in [0.5, 0.6) is 0 Å².